The maximum Gasteiger partial charge on any atom is 0.251 e. The molecule has 5 heteroatoms. The summed E-state index contributed by atoms with van der Waals surface area (Å²) in [7, 11) is 0. The molecule has 2 rings (SSSR count). The molecule has 0 fully saturated rings. The normalized spacial score (nSPS) is 10.5. The fraction of sp³-hybridized carbons (Fsp3) is 0.214. The molecule has 1 amide bonds. The smallest absolute Gasteiger partial charge is 0.251 e. The number of carbonyl (C=O) groups is 1. The summed E-state index contributed by atoms with van der Waals surface area (Å²) in [5.41, 5.74) is 0.601. The van der Waals surface area contributed by atoms with Crippen LogP contribution in [0.1, 0.15) is 27.0 Å². The zero-order chi connectivity index (χ0) is 13.8. The summed E-state index contributed by atoms with van der Waals surface area (Å²) in [6, 6.07) is 9.31. The van der Waals surface area contributed by atoms with Gasteiger partial charge in [0, 0.05) is 19.8 Å². The molecule has 0 radical (unpaired) electrons. The van der Waals surface area contributed by atoms with Gasteiger partial charge in [0.15, 0.2) is 0 Å². The van der Waals surface area contributed by atoms with Crippen LogP contribution in [0, 0.1) is 0 Å². The van der Waals surface area contributed by atoms with E-state index < -0.39 is 0 Å². The molecule has 2 nitrogen and oxygen atoms in total. The molecule has 0 aliphatic rings. The lowest BCUT2D eigenvalue weighted by Gasteiger charge is -2.05. The zero-order valence-electron chi connectivity index (χ0n) is 10.4. The Labute approximate surface area is 129 Å². The quantitative estimate of drug-likeness (QED) is 0.846. The first kappa shape index (κ1) is 14.6. The Hall–Kier alpha value is -0.840. The Morgan fingerprint density at radius 3 is 2.68 bits per heavy atom. The predicted molar refractivity (Wildman–Crippen MR) is 84.0 cm³/mol. The van der Waals surface area contributed by atoms with Gasteiger partial charge in [-0.3, -0.25) is 4.79 Å². The first-order chi connectivity index (χ1) is 9.10. The maximum absolute atomic E-state index is 12.0. The highest BCUT2D eigenvalue weighted by Crippen LogP contribution is 2.23. The number of aryl methyl sites for hydroxylation is 1. The van der Waals surface area contributed by atoms with Crippen LogP contribution < -0.4 is 5.32 Å². The summed E-state index contributed by atoms with van der Waals surface area (Å²) in [6.45, 7) is 2.68. The van der Waals surface area contributed by atoms with Crippen molar-refractivity contribution in [2.45, 2.75) is 19.9 Å². The number of rotatable bonds is 4. The number of nitrogens with one attached hydrogen (secondary N) is 1. The fourth-order valence-electron chi connectivity index (χ4n) is 1.61. The largest absolute Gasteiger partial charge is 0.347 e. The first-order valence-electron chi connectivity index (χ1n) is 5.91. The molecule has 100 valence electrons. The molecule has 0 bridgehead atoms. The summed E-state index contributed by atoms with van der Waals surface area (Å²) in [5, 5.41) is 3.51. The molecule has 1 N–H and O–H groups in total. The van der Waals surface area contributed by atoms with Crippen LogP contribution in [-0.4, -0.2) is 5.91 Å². The molecule has 1 heterocycles. The minimum absolute atomic E-state index is 0.0937. The van der Waals surface area contributed by atoms with Crippen LogP contribution in [0.3, 0.4) is 0 Å². The highest BCUT2D eigenvalue weighted by molar-refractivity contribution is 9.10. The Bertz CT molecular complexity index is 597. The third kappa shape index (κ3) is 3.81. The fourth-order valence-corrected chi connectivity index (χ4v) is 3.01. The molecule has 2 aromatic rings. The van der Waals surface area contributed by atoms with Gasteiger partial charge in [-0.2, -0.15) is 0 Å². The van der Waals surface area contributed by atoms with E-state index in [-0.39, 0.29) is 5.91 Å². The molecule has 19 heavy (non-hydrogen) atoms. The van der Waals surface area contributed by atoms with Crippen molar-refractivity contribution >= 4 is 44.8 Å². The van der Waals surface area contributed by atoms with Gasteiger partial charge in [-0.25, -0.2) is 0 Å². The van der Waals surface area contributed by atoms with Crippen molar-refractivity contribution in [2.24, 2.45) is 0 Å². The lowest BCUT2D eigenvalue weighted by molar-refractivity contribution is 0.0951. The third-order valence-corrected chi connectivity index (χ3v) is 5.11. The molecule has 0 unspecified atom stereocenters. The molecular formula is C14H13BrClNOS. The van der Waals surface area contributed by atoms with E-state index in [9.17, 15) is 4.79 Å². The monoisotopic (exact) mass is 357 g/mol. The van der Waals surface area contributed by atoms with Crippen LogP contribution in [0.4, 0.5) is 0 Å². The number of amides is 1. The average Bonchev–Trinajstić information content (AvgIpc) is 2.87. The van der Waals surface area contributed by atoms with Crippen molar-refractivity contribution in [3.63, 3.8) is 0 Å². The lowest BCUT2D eigenvalue weighted by atomic mass is 10.2. The summed E-state index contributed by atoms with van der Waals surface area (Å²) in [4.78, 5) is 14.5. The highest BCUT2D eigenvalue weighted by atomic mass is 79.9. The van der Waals surface area contributed by atoms with Crippen molar-refractivity contribution in [2.75, 3.05) is 0 Å². The molecular weight excluding hydrogens is 346 g/mol. The maximum atomic E-state index is 12.0. The standard InChI is InChI=1S/C14H13BrClNOS/c1-2-10-4-5-11(19-10)8-17-14(18)9-3-6-13(16)12(15)7-9/h3-7H,2,8H2,1H3,(H,17,18). The van der Waals surface area contributed by atoms with Crippen molar-refractivity contribution in [1.82, 2.24) is 5.32 Å². The van der Waals surface area contributed by atoms with Crippen LogP contribution >= 0.6 is 38.9 Å². The summed E-state index contributed by atoms with van der Waals surface area (Å²) in [6.07, 6.45) is 1.03. The molecule has 0 aliphatic carbocycles. The highest BCUT2D eigenvalue weighted by Gasteiger charge is 2.08. The van der Waals surface area contributed by atoms with Crippen molar-refractivity contribution in [3.8, 4) is 0 Å². The van der Waals surface area contributed by atoms with E-state index in [4.69, 9.17) is 11.6 Å². The van der Waals surface area contributed by atoms with Gasteiger partial charge in [0.2, 0.25) is 0 Å². The van der Waals surface area contributed by atoms with Gasteiger partial charge in [0.25, 0.3) is 5.91 Å². The molecule has 0 saturated heterocycles. The minimum Gasteiger partial charge on any atom is -0.347 e. The van der Waals surface area contributed by atoms with Gasteiger partial charge < -0.3 is 5.32 Å². The van der Waals surface area contributed by atoms with Crippen LogP contribution in [0.5, 0.6) is 0 Å². The number of hydrogen-bond acceptors (Lipinski definition) is 2. The van der Waals surface area contributed by atoms with E-state index in [0.29, 0.717) is 17.1 Å². The van der Waals surface area contributed by atoms with Gasteiger partial charge in [-0.05, 0) is 52.7 Å². The summed E-state index contributed by atoms with van der Waals surface area (Å²) in [5.74, 6) is -0.0937. The van der Waals surface area contributed by atoms with Crippen LogP contribution in [0.25, 0.3) is 0 Å². The second-order valence-electron chi connectivity index (χ2n) is 4.03. The predicted octanol–water partition coefficient (Wildman–Crippen LogP) is 4.66. The zero-order valence-corrected chi connectivity index (χ0v) is 13.5. The van der Waals surface area contributed by atoms with E-state index in [1.54, 1.807) is 29.5 Å². The Balaban J connectivity index is 1.99. The Morgan fingerprint density at radius 2 is 2.05 bits per heavy atom. The van der Waals surface area contributed by atoms with Gasteiger partial charge in [0.1, 0.15) is 0 Å². The van der Waals surface area contributed by atoms with Crippen molar-refractivity contribution in [1.29, 1.82) is 0 Å². The summed E-state index contributed by atoms with van der Waals surface area (Å²) < 4.78 is 0.728. The van der Waals surface area contributed by atoms with Gasteiger partial charge in [0.05, 0.1) is 11.6 Å². The van der Waals surface area contributed by atoms with Crippen molar-refractivity contribution < 1.29 is 4.79 Å². The molecule has 0 atom stereocenters. The number of hydrogen-bond donors (Lipinski definition) is 1. The van der Waals surface area contributed by atoms with Crippen LogP contribution in [0.15, 0.2) is 34.8 Å². The number of halogens is 2. The van der Waals surface area contributed by atoms with E-state index in [2.05, 4.69) is 40.3 Å². The van der Waals surface area contributed by atoms with E-state index in [1.807, 2.05) is 0 Å². The SMILES string of the molecule is CCc1ccc(CNC(=O)c2ccc(Cl)c(Br)c2)s1. The molecule has 1 aromatic heterocycles. The summed E-state index contributed by atoms with van der Waals surface area (Å²) >= 11 is 10.9. The first-order valence-corrected chi connectivity index (χ1v) is 7.89. The second kappa shape index (κ2) is 6.55. The number of benzene rings is 1. The molecule has 0 spiro atoms. The Morgan fingerprint density at radius 1 is 1.32 bits per heavy atom. The van der Waals surface area contributed by atoms with Crippen LogP contribution in [0.2, 0.25) is 5.02 Å². The molecule has 0 saturated carbocycles. The van der Waals surface area contributed by atoms with Gasteiger partial charge >= 0.3 is 0 Å². The van der Waals surface area contributed by atoms with E-state index in [0.717, 1.165) is 10.9 Å². The van der Waals surface area contributed by atoms with E-state index in [1.165, 1.54) is 9.75 Å². The van der Waals surface area contributed by atoms with Gasteiger partial charge in [-0.1, -0.05) is 18.5 Å². The van der Waals surface area contributed by atoms with Gasteiger partial charge in [-0.15, -0.1) is 11.3 Å². The van der Waals surface area contributed by atoms with Crippen LogP contribution in [-0.2, 0) is 13.0 Å². The number of thiophene rings is 1. The number of carbonyl (C=O) groups excluding carboxylic acids is 1. The topological polar surface area (TPSA) is 29.1 Å². The Kier molecular flexibility index (Phi) is 5.02. The van der Waals surface area contributed by atoms with Crippen molar-refractivity contribution in [3.05, 3.63) is 55.1 Å². The molecule has 1 aromatic carbocycles. The van der Waals surface area contributed by atoms with E-state index >= 15 is 0 Å². The average molecular weight is 359 g/mol. The second-order valence-corrected chi connectivity index (χ2v) is 6.55. The molecule has 0 aliphatic heterocycles. The lowest BCUT2D eigenvalue weighted by Crippen LogP contribution is -2.22. The third-order valence-electron chi connectivity index (χ3n) is 2.67. The minimum atomic E-state index is -0.0937.